The smallest absolute Gasteiger partial charge is 0.0171 e. The summed E-state index contributed by atoms with van der Waals surface area (Å²) in [6, 6.07) is 0. The van der Waals surface area contributed by atoms with Crippen molar-refractivity contribution in [3.05, 3.63) is 12.2 Å². The summed E-state index contributed by atoms with van der Waals surface area (Å²) in [6.45, 7) is 2.38. The molecule has 0 spiro atoms. The molecule has 3 rings (SSSR count). The monoisotopic (exact) mass is 162 g/mol. The van der Waals surface area contributed by atoms with Gasteiger partial charge in [-0.1, -0.05) is 25.5 Å². The van der Waals surface area contributed by atoms with Crippen molar-refractivity contribution in [3.63, 3.8) is 0 Å². The third-order valence-electron chi connectivity index (χ3n) is 4.67. The molecule has 12 heavy (non-hydrogen) atoms. The molecule has 0 nitrogen and oxygen atoms in total. The second-order valence-electron chi connectivity index (χ2n) is 4.97. The minimum absolute atomic E-state index is 1.01. The SMILES string of the molecule is CC[C@@H]1C[C@@H]2C[C@H]1[C@@H]1CC=C[C@H]21. The predicted octanol–water partition coefficient (Wildman–Crippen LogP) is 3.24. The highest BCUT2D eigenvalue weighted by Crippen LogP contribution is 2.59. The Morgan fingerprint density at radius 3 is 3.00 bits per heavy atom. The van der Waals surface area contributed by atoms with Crippen LogP contribution >= 0.6 is 0 Å². The van der Waals surface area contributed by atoms with Gasteiger partial charge in [-0.2, -0.15) is 0 Å². The van der Waals surface area contributed by atoms with Crippen LogP contribution in [0, 0.1) is 29.6 Å². The van der Waals surface area contributed by atoms with Crippen molar-refractivity contribution in [2.24, 2.45) is 29.6 Å². The lowest BCUT2D eigenvalue weighted by molar-refractivity contribution is 0.201. The Morgan fingerprint density at radius 1 is 1.25 bits per heavy atom. The maximum absolute atomic E-state index is 2.52. The summed E-state index contributed by atoms with van der Waals surface area (Å²) in [4.78, 5) is 0. The number of hydrogen-bond acceptors (Lipinski definition) is 0. The van der Waals surface area contributed by atoms with Crippen LogP contribution in [0.1, 0.15) is 32.6 Å². The summed E-state index contributed by atoms with van der Waals surface area (Å²) in [5, 5.41) is 0. The van der Waals surface area contributed by atoms with Crippen molar-refractivity contribution in [2.45, 2.75) is 32.6 Å². The zero-order valence-corrected chi connectivity index (χ0v) is 7.87. The molecule has 0 aliphatic heterocycles. The zero-order chi connectivity index (χ0) is 8.13. The zero-order valence-electron chi connectivity index (χ0n) is 7.87. The molecule has 5 atom stereocenters. The summed E-state index contributed by atoms with van der Waals surface area (Å²) in [6.07, 6.45) is 10.9. The van der Waals surface area contributed by atoms with Crippen molar-refractivity contribution in [1.82, 2.24) is 0 Å². The van der Waals surface area contributed by atoms with Crippen LogP contribution in [0.4, 0.5) is 0 Å². The number of hydrogen-bond donors (Lipinski definition) is 0. The number of fused-ring (bicyclic) bond motifs is 5. The summed E-state index contributed by atoms with van der Waals surface area (Å²) in [5.74, 6) is 5.38. The first-order chi connectivity index (χ1) is 5.90. The molecule has 0 radical (unpaired) electrons. The van der Waals surface area contributed by atoms with E-state index in [-0.39, 0.29) is 0 Å². The molecule has 2 saturated carbocycles. The normalized spacial score (nSPS) is 54.9. The first-order valence-corrected chi connectivity index (χ1v) is 5.56. The molecule has 0 aromatic rings. The largest absolute Gasteiger partial charge is 0.0879 e. The third-order valence-corrected chi connectivity index (χ3v) is 4.67. The first kappa shape index (κ1) is 7.17. The summed E-state index contributed by atoms with van der Waals surface area (Å²) < 4.78 is 0. The van der Waals surface area contributed by atoms with E-state index in [0.717, 1.165) is 29.6 Å². The topological polar surface area (TPSA) is 0 Å². The Bertz CT molecular complexity index is 214. The second kappa shape index (κ2) is 2.37. The molecule has 0 N–H and O–H groups in total. The molecule has 2 bridgehead atoms. The van der Waals surface area contributed by atoms with Gasteiger partial charge in [-0.25, -0.2) is 0 Å². The van der Waals surface area contributed by atoms with Crippen LogP contribution in [0.25, 0.3) is 0 Å². The molecular weight excluding hydrogens is 144 g/mol. The van der Waals surface area contributed by atoms with Crippen molar-refractivity contribution in [2.75, 3.05) is 0 Å². The third kappa shape index (κ3) is 0.739. The Hall–Kier alpha value is -0.260. The van der Waals surface area contributed by atoms with Gasteiger partial charge in [0.05, 0.1) is 0 Å². The van der Waals surface area contributed by atoms with Gasteiger partial charge in [-0.05, 0) is 48.9 Å². The van der Waals surface area contributed by atoms with Gasteiger partial charge >= 0.3 is 0 Å². The van der Waals surface area contributed by atoms with Crippen molar-refractivity contribution in [3.8, 4) is 0 Å². The summed E-state index contributed by atoms with van der Waals surface area (Å²) in [7, 11) is 0. The minimum atomic E-state index is 1.01. The highest BCUT2D eigenvalue weighted by molar-refractivity contribution is 5.13. The van der Waals surface area contributed by atoms with E-state index in [1.807, 2.05) is 0 Å². The van der Waals surface area contributed by atoms with Crippen LogP contribution < -0.4 is 0 Å². The van der Waals surface area contributed by atoms with Gasteiger partial charge in [0.15, 0.2) is 0 Å². The molecule has 0 heterocycles. The van der Waals surface area contributed by atoms with E-state index in [9.17, 15) is 0 Å². The van der Waals surface area contributed by atoms with Crippen LogP contribution in [0.15, 0.2) is 12.2 Å². The van der Waals surface area contributed by atoms with Crippen molar-refractivity contribution >= 4 is 0 Å². The van der Waals surface area contributed by atoms with E-state index in [0.29, 0.717) is 0 Å². The van der Waals surface area contributed by atoms with Gasteiger partial charge in [0.2, 0.25) is 0 Å². The van der Waals surface area contributed by atoms with Gasteiger partial charge in [0.25, 0.3) is 0 Å². The van der Waals surface area contributed by atoms with Gasteiger partial charge in [0, 0.05) is 0 Å². The standard InChI is InChI=1S/C12H18/c1-2-8-6-9-7-12(8)11-5-3-4-10(9)11/h3-4,8-12H,2,5-7H2,1H3/t8-,9-,10-,11-,12-/m1/s1. The van der Waals surface area contributed by atoms with E-state index in [4.69, 9.17) is 0 Å². The van der Waals surface area contributed by atoms with Crippen LogP contribution in [-0.2, 0) is 0 Å². The molecule has 0 amide bonds. The maximum atomic E-state index is 2.52. The highest BCUT2D eigenvalue weighted by atomic mass is 14.6. The van der Waals surface area contributed by atoms with Crippen LogP contribution in [-0.4, -0.2) is 0 Å². The molecule has 0 saturated heterocycles. The lowest BCUT2D eigenvalue weighted by Crippen LogP contribution is -2.23. The van der Waals surface area contributed by atoms with Crippen LogP contribution in [0.3, 0.4) is 0 Å². The van der Waals surface area contributed by atoms with Crippen LogP contribution in [0.2, 0.25) is 0 Å². The lowest BCUT2D eigenvalue weighted by atomic mass is 9.74. The predicted molar refractivity (Wildman–Crippen MR) is 50.7 cm³/mol. The Balaban J connectivity index is 1.86. The van der Waals surface area contributed by atoms with Gasteiger partial charge in [0.1, 0.15) is 0 Å². The molecule has 0 unspecified atom stereocenters. The molecule has 0 heteroatoms. The Kier molecular flexibility index (Phi) is 1.42. The fourth-order valence-corrected chi connectivity index (χ4v) is 4.17. The first-order valence-electron chi connectivity index (χ1n) is 5.56. The molecule has 2 fully saturated rings. The molecule has 0 aromatic carbocycles. The lowest BCUT2D eigenvalue weighted by Gasteiger charge is -2.30. The molecule has 3 aliphatic carbocycles. The molecule has 3 aliphatic rings. The van der Waals surface area contributed by atoms with E-state index in [1.54, 1.807) is 12.8 Å². The highest BCUT2D eigenvalue weighted by Gasteiger charge is 2.51. The number of rotatable bonds is 1. The average molecular weight is 162 g/mol. The Labute approximate surface area is 75.0 Å². The van der Waals surface area contributed by atoms with Crippen LogP contribution in [0.5, 0.6) is 0 Å². The number of allylic oxidation sites excluding steroid dienone is 2. The van der Waals surface area contributed by atoms with Gasteiger partial charge in [-0.15, -0.1) is 0 Å². The fraction of sp³-hybridized carbons (Fsp3) is 0.833. The molecule has 66 valence electrons. The summed E-state index contributed by atoms with van der Waals surface area (Å²) in [5.41, 5.74) is 0. The molecular formula is C12H18. The van der Waals surface area contributed by atoms with E-state index >= 15 is 0 Å². The van der Waals surface area contributed by atoms with Crippen molar-refractivity contribution in [1.29, 1.82) is 0 Å². The quantitative estimate of drug-likeness (QED) is 0.519. The summed E-state index contributed by atoms with van der Waals surface area (Å²) >= 11 is 0. The molecule has 0 aromatic heterocycles. The van der Waals surface area contributed by atoms with Gasteiger partial charge in [-0.3, -0.25) is 0 Å². The Morgan fingerprint density at radius 2 is 2.17 bits per heavy atom. The van der Waals surface area contributed by atoms with Crippen molar-refractivity contribution < 1.29 is 0 Å². The minimum Gasteiger partial charge on any atom is -0.0879 e. The fourth-order valence-electron chi connectivity index (χ4n) is 4.17. The average Bonchev–Trinajstić information content (AvgIpc) is 2.75. The second-order valence-corrected chi connectivity index (χ2v) is 4.97. The maximum Gasteiger partial charge on any atom is -0.0171 e. The van der Waals surface area contributed by atoms with E-state index < -0.39 is 0 Å². The van der Waals surface area contributed by atoms with Gasteiger partial charge < -0.3 is 0 Å². The van der Waals surface area contributed by atoms with E-state index in [1.165, 1.54) is 12.8 Å². The van der Waals surface area contributed by atoms with E-state index in [2.05, 4.69) is 19.1 Å².